The van der Waals surface area contributed by atoms with Gasteiger partial charge in [-0.05, 0) is 66.9 Å². The van der Waals surface area contributed by atoms with Gasteiger partial charge in [-0.15, -0.1) is 0 Å². The molecule has 0 radical (unpaired) electrons. The number of ether oxygens (including phenoxy) is 1. The Morgan fingerprint density at radius 1 is 1.00 bits per heavy atom. The maximum absolute atomic E-state index is 15.5. The van der Waals surface area contributed by atoms with Gasteiger partial charge in [0.05, 0.1) is 33.9 Å². The molecule has 216 valence electrons. The fraction of sp³-hybridized carbons (Fsp3) is 0.188. The van der Waals surface area contributed by atoms with Crippen molar-refractivity contribution in [2.75, 3.05) is 0 Å². The molecule has 8 nitrogen and oxygen atoms in total. The number of nitriles is 1. The molecule has 3 aromatic carbocycles. The lowest BCUT2D eigenvalue weighted by molar-refractivity contribution is 0.0697. The topological polar surface area (TPSA) is 127 Å². The van der Waals surface area contributed by atoms with Crippen LogP contribution in [0.4, 0.5) is 13.2 Å². The molecule has 0 amide bonds. The summed E-state index contributed by atoms with van der Waals surface area (Å²) in [7, 11) is 0. The molecular weight excluding hydrogens is 559 g/mol. The van der Waals surface area contributed by atoms with Crippen molar-refractivity contribution < 1.29 is 27.8 Å². The summed E-state index contributed by atoms with van der Waals surface area (Å²) in [5.74, 6) is -2.57. The number of aromatic nitrogens is 3. The molecule has 0 atom stereocenters. The lowest BCUT2D eigenvalue weighted by Crippen LogP contribution is -2.29. The first-order valence-corrected chi connectivity index (χ1v) is 13.4. The highest BCUT2D eigenvalue weighted by Crippen LogP contribution is 2.36. The van der Waals surface area contributed by atoms with Gasteiger partial charge in [-0.1, -0.05) is 12.1 Å². The molecule has 3 N–H and O–H groups in total. The molecule has 1 saturated carbocycles. The molecule has 0 aliphatic heterocycles. The van der Waals surface area contributed by atoms with Crippen molar-refractivity contribution in [1.82, 2.24) is 14.5 Å². The molecule has 2 heterocycles. The lowest BCUT2D eigenvalue weighted by Gasteiger charge is -2.15. The van der Waals surface area contributed by atoms with Crippen LogP contribution in [0.3, 0.4) is 0 Å². The van der Waals surface area contributed by atoms with Gasteiger partial charge in [-0.25, -0.2) is 27.9 Å². The van der Waals surface area contributed by atoms with Gasteiger partial charge < -0.3 is 20.1 Å². The Labute approximate surface area is 243 Å². The minimum Gasteiger partial charge on any atom is -0.478 e. The number of halogens is 3. The molecular formula is C32H24F3N5O3. The summed E-state index contributed by atoms with van der Waals surface area (Å²) >= 11 is 0. The molecule has 43 heavy (non-hydrogen) atoms. The van der Waals surface area contributed by atoms with Gasteiger partial charge in [0.25, 0.3) is 0 Å². The minimum absolute atomic E-state index is 0.0526. The summed E-state index contributed by atoms with van der Waals surface area (Å²) in [6.45, 7) is 0.190. The number of pyridine rings is 1. The fourth-order valence-electron chi connectivity index (χ4n) is 4.87. The number of nitrogens with zero attached hydrogens (tertiary/aromatic N) is 4. The minimum atomic E-state index is -1.08. The van der Waals surface area contributed by atoms with E-state index in [-0.39, 0.29) is 52.4 Å². The first-order valence-electron chi connectivity index (χ1n) is 13.4. The molecule has 0 saturated heterocycles. The van der Waals surface area contributed by atoms with Gasteiger partial charge in [-0.2, -0.15) is 5.26 Å². The summed E-state index contributed by atoms with van der Waals surface area (Å²) in [6.07, 6.45) is 1.53. The van der Waals surface area contributed by atoms with E-state index in [2.05, 4.69) is 9.97 Å². The highest BCUT2D eigenvalue weighted by atomic mass is 19.1. The van der Waals surface area contributed by atoms with Gasteiger partial charge in [0.15, 0.2) is 0 Å². The van der Waals surface area contributed by atoms with Crippen LogP contribution in [0.2, 0.25) is 0 Å². The van der Waals surface area contributed by atoms with E-state index in [1.165, 1.54) is 36.4 Å². The second-order valence-corrected chi connectivity index (χ2v) is 10.7. The van der Waals surface area contributed by atoms with Crippen LogP contribution < -0.4 is 10.5 Å². The molecule has 1 fully saturated rings. The number of fused-ring (bicyclic) bond motifs is 1. The number of aromatic carboxylic acids is 1. The van der Waals surface area contributed by atoms with E-state index in [0.29, 0.717) is 23.4 Å². The van der Waals surface area contributed by atoms with Gasteiger partial charge in [-0.3, -0.25) is 0 Å². The zero-order valence-corrected chi connectivity index (χ0v) is 22.7. The molecule has 1 aliphatic rings. The number of hydrogen-bond acceptors (Lipinski definition) is 6. The predicted octanol–water partition coefficient (Wildman–Crippen LogP) is 5.75. The Morgan fingerprint density at radius 3 is 2.51 bits per heavy atom. The molecule has 0 spiro atoms. The van der Waals surface area contributed by atoms with Crippen LogP contribution in [0.15, 0.2) is 66.7 Å². The van der Waals surface area contributed by atoms with E-state index in [9.17, 15) is 14.3 Å². The summed E-state index contributed by atoms with van der Waals surface area (Å²) in [5, 5.41) is 18.4. The molecule has 2 aromatic heterocycles. The average molecular weight is 584 g/mol. The van der Waals surface area contributed by atoms with Gasteiger partial charge in [0, 0.05) is 35.7 Å². The van der Waals surface area contributed by atoms with Crippen LogP contribution >= 0.6 is 0 Å². The van der Waals surface area contributed by atoms with Gasteiger partial charge in [0.1, 0.15) is 29.9 Å². The first-order chi connectivity index (χ1) is 20.6. The highest BCUT2D eigenvalue weighted by molar-refractivity contribution is 5.92. The zero-order valence-electron chi connectivity index (χ0n) is 22.7. The molecule has 0 unspecified atom stereocenters. The number of imidazole rings is 1. The van der Waals surface area contributed by atoms with Crippen LogP contribution in [-0.2, 0) is 19.6 Å². The molecule has 1 aliphatic carbocycles. The third-order valence-electron chi connectivity index (χ3n) is 7.48. The Bertz CT molecular complexity index is 1950. The summed E-state index contributed by atoms with van der Waals surface area (Å²) in [6, 6.07) is 17.1. The van der Waals surface area contributed by atoms with Crippen molar-refractivity contribution in [3.63, 3.8) is 0 Å². The largest absolute Gasteiger partial charge is 0.478 e. The Balaban J connectivity index is 1.27. The van der Waals surface area contributed by atoms with Gasteiger partial charge >= 0.3 is 5.97 Å². The normalized spacial score (nSPS) is 13.6. The Kier molecular flexibility index (Phi) is 7.07. The Hall–Kier alpha value is -5.21. The van der Waals surface area contributed by atoms with E-state index in [1.807, 2.05) is 6.07 Å². The number of carboxylic acids is 1. The van der Waals surface area contributed by atoms with Crippen molar-refractivity contribution in [2.45, 2.75) is 38.0 Å². The highest BCUT2D eigenvalue weighted by Gasteiger charge is 2.39. The monoisotopic (exact) mass is 583 g/mol. The van der Waals surface area contributed by atoms with Crippen LogP contribution in [-0.4, -0.2) is 31.1 Å². The van der Waals surface area contributed by atoms with Crippen molar-refractivity contribution in [1.29, 1.82) is 5.26 Å². The average Bonchev–Trinajstić information content (AvgIpc) is 3.63. The molecule has 6 rings (SSSR count). The second kappa shape index (κ2) is 10.9. The van der Waals surface area contributed by atoms with E-state index in [0.717, 1.165) is 31.0 Å². The van der Waals surface area contributed by atoms with Gasteiger partial charge in [0.2, 0.25) is 5.88 Å². The Morgan fingerprint density at radius 2 is 1.79 bits per heavy atom. The number of carbonyl (C=O) groups is 1. The number of benzene rings is 3. The summed E-state index contributed by atoms with van der Waals surface area (Å²) < 4.78 is 52.5. The molecule has 0 bridgehead atoms. The zero-order chi connectivity index (χ0) is 30.3. The lowest BCUT2D eigenvalue weighted by atomic mass is 10.0. The van der Waals surface area contributed by atoms with Crippen molar-refractivity contribution in [3.05, 3.63) is 112 Å². The maximum atomic E-state index is 15.5. The smallest absolute Gasteiger partial charge is 0.335 e. The summed E-state index contributed by atoms with van der Waals surface area (Å²) in [4.78, 5) is 20.4. The molecule has 11 heteroatoms. The van der Waals surface area contributed by atoms with Crippen LogP contribution in [0.1, 0.15) is 45.7 Å². The fourth-order valence-corrected chi connectivity index (χ4v) is 4.87. The van der Waals surface area contributed by atoms with Crippen molar-refractivity contribution in [3.8, 4) is 23.2 Å². The number of rotatable bonds is 9. The number of carboxylic acid groups (broad SMARTS) is 1. The predicted molar refractivity (Wildman–Crippen MR) is 151 cm³/mol. The van der Waals surface area contributed by atoms with Crippen LogP contribution in [0.5, 0.6) is 5.88 Å². The summed E-state index contributed by atoms with van der Waals surface area (Å²) in [5.41, 5.74) is 7.56. The standard InChI is InChI=1S/C32H24F3N5O3/c33-23-10-18(15-36)4-5-20(23)16-43-30-3-1-2-26(39-30)22-14-24(34)21(11-25(22)35)13-29-38-27-7-6-19(31(41)42)12-28(27)40(29)17-32(37)8-9-32/h1-7,10-12,14H,8-9,13,16-17,37H2,(H,41,42). The van der Waals surface area contributed by atoms with Crippen LogP contribution in [0, 0.1) is 28.8 Å². The molecule has 5 aromatic rings. The maximum Gasteiger partial charge on any atom is 0.335 e. The SMILES string of the molecule is N#Cc1ccc(COc2cccc(-c3cc(F)c(Cc4nc5ccc(C(=O)O)cc5n4CC4(N)CC4)cc3F)n2)c(F)c1. The van der Waals surface area contributed by atoms with E-state index in [1.54, 1.807) is 16.7 Å². The number of hydrogen-bond donors (Lipinski definition) is 2. The van der Waals surface area contributed by atoms with Crippen molar-refractivity contribution in [2.24, 2.45) is 5.73 Å². The first kappa shape index (κ1) is 27.9. The van der Waals surface area contributed by atoms with E-state index < -0.39 is 29.0 Å². The van der Waals surface area contributed by atoms with E-state index in [4.69, 9.17) is 15.7 Å². The quantitative estimate of drug-likeness (QED) is 0.226. The second-order valence-electron chi connectivity index (χ2n) is 10.7. The van der Waals surface area contributed by atoms with Crippen LogP contribution in [0.25, 0.3) is 22.3 Å². The third kappa shape index (κ3) is 5.78. The van der Waals surface area contributed by atoms with Crippen molar-refractivity contribution >= 4 is 17.0 Å². The number of nitrogens with two attached hydrogens (primary N) is 1. The van der Waals surface area contributed by atoms with E-state index >= 15 is 8.78 Å². The third-order valence-corrected chi connectivity index (χ3v) is 7.48.